The average Bonchev–Trinajstić information content (AvgIpc) is 3.36. The summed E-state index contributed by atoms with van der Waals surface area (Å²) in [6.45, 7) is 29.0. The molecular formula is C20H58N3O2Si6Y-2. The maximum atomic E-state index is 4.94. The molecule has 2 radical (unpaired) electrons. The molecule has 2 rings (SSSR count). The largest absolute Gasteiger partial charge is 0.672 e. The summed E-state index contributed by atoms with van der Waals surface area (Å²) in [5.74, 6) is 0. The second kappa shape index (κ2) is 33.2. The van der Waals surface area contributed by atoms with E-state index in [-0.39, 0.29) is 32.7 Å². The predicted octanol–water partition coefficient (Wildman–Crippen LogP) is 4.59. The van der Waals surface area contributed by atoms with Crippen molar-refractivity contribution in [2.24, 2.45) is 0 Å². The Morgan fingerprint density at radius 1 is 0.625 bits per heavy atom. The van der Waals surface area contributed by atoms with E-state index in [1.54, 1.807) is 0 Å². The first-order chi connectivity index (χ1) is 14.5. The Balaban J connectivity index is -0.000000153. The fourth-order valence-electron chi connectivity index (χ4n) is 2.57. The third kappa shape index (κ3) is 53.5. The van der Waals surface area contributed by atoms with Gasteiger partial charge in [0.1, 0.15) is 9.68 Å². The molecule has 5 nitrogen and oxygen atoms in total. The zero-order valence-corrected chi connectivity index (χ0v) is 33.4. The van der Waals surface area contributed by atoms with Gasteiger partial charge in [0.2, 0.25) is 0 Å². The number of rotatable bonds is 7. The molecule has 12 heteroatoms. The second-order valence-electron chi connectivity index (χ2n) is 9.25. The van der Waals surface area contributed by atoms with Crippen LogP contribution in [0.2, 0.25) is 71.5 Å². The molecule has 0 bridgehead atoms. The Bertz CT molecular complexity index is 276. The zero-order valence-electron chi connectivity index (χ0n) is 23.6. The van der Waals surface area contributed by atoms with Gasteiger partial charge < -0.3 is 23.4 Å². The van der Waals surface area contributed by atoms with Crippen LogP contribution in [0.25, 0.3) is 9.30 Å². The third-order valence-corrected chi connectivity index (χ3v) is 17.1. The molecule has 0 aromatic rings. The summed E-state index contributed by atoms with van der Waals surface area (Å²) < 4.78 is 22.5. The van der Waals surface area contributed by atoms with Crippen molar-refractivity contribution in [3.05, 3.63) is 9.30 Å². The number of hydrogen-bond donors (Lipinski definition) is 1. The summed E-state index contributed by atoms with van der Waals surface area (Å²) in [5, 5.41) is 0. The van der Waals surface area contributed by atoms with E-state index in [0.717, 1.165) is 26.4 Å². The molecule has 0 amide bonds. The van der Waals surface area contributed by atoms with Crippen LogP contribution in [-0.2, 0) is 42.2 Å². The van der Waals surface area contributed by atoms with Crippen LogP contribution in [-0.4, -0.2) is 80.9 Å². The standard InChI is InChI=1S/3C4H14NSi2.2C4H8O.Y/c2*1-6(2)5-7(3)4;1-4-6-5-7(2)3;2*1-2-4-5-3-1;/h2*6-7H,1-4H3;5-7H,4H2,1-3H3;2*1-4H2;/q2*-1;;;;. The molecule has 2 fully saturated rings. The van der Waals surface area contributed by atoms with Crippen molar-refractivity contribution in [2.75, 3.05) is 26.4 Å². The quantitative estimate of drug-likeness (QED) is 0.419. The number of hydrogen-bond acceptors (Lipinski definition) is 3. The van der Waals surface area contributed by atoms with Crippen molar-refractivity contribution < 1.29 is 42.2 Å². The maximum Gasteiger partial charge on any atom is 0.106 e. The summed E-state index contributed by atoms with van der Waals surface area (Å²) in [7, 11) is -1.97. The molecule has 0 spiro atoms. The molecule has 0 aromatic carbocycles. The minimum atomic E-state index is -0.542. The van der Waals surface area contributed by atoms with Gasteiger partial charge in [-0.2, -0.15) is 0 Å². The van der Waals surface area contributed by atoms with Gasteiger partial charge in [0.05, 0.1) is 8.96 Å². The third-order valence-electron chi connectivity index (χ3n) is 3.50. The van der Waals surface area contributed by atoms with Crippen molar-refractivity contribution in [2.45, 2.75) is 104 Å². The van der Waals surface area contributed by atoms with E-state index in [4.69, 9.17) is 9.47 Å². The van der Waals surface area contributed by atoms with E-state index in [1.165, 1.54) is 31.7 Å². The van der Waals surface area contributed by atoms with Crippen LogP contribution in [0.4, 0.5) is 0 Å². The van der Waals surface area contributed by atoms with Gasteiger partial charge in [0, 0.05) is 59.1 Å². The number of nitrogens with zero attached hydrogens (tertiary/aromatic N) is 2. The topological polar surface area (TPSA) is 58.7 Å². The number of ether oxygens (including phenoxy) is 2. The van der Waals surface area contributed by atoms with Crippen molar-refractivity contribution in [1.82, 2.24) is 4.65 Å². The number of nitrogens with one attached hydrogen (secondary N) is 1. The van der Waals surface area contributed by atoms with E-state index in [9.17, 15) is 0 Å². The van der Waals surface area contributed by atoms with Crippen molar-refractivity contribution in [3.63, 3.8) is 0 Å². The van der Waals surface area contributed by atoms with Gasteiger partial charge in [0.25, 0.3) is 0 Å². The molecule has 0 aromatic heterocycles. The van der Waals surface area contributed by atoms with E-state index in [2.05, 4.69) is 86.3 Å². The van der Waals surface area contributed by atoms with Crippen molar-refractivity contribution >= 4 is 54.5 Å². The Labute approximate surface area is 239 Å². The molecule has 1 N–H and O–H groups in total. The van der Waals surface area contributed by atoms with Gasteiger partial charge in [-0.25, -0.2) is 0 Å². The molecule has 0 aliphatic carbocycles. The van der Waals surface area contributed by atoms with Gasteiger partial charge in [-0.1, -0.05) is 114 Å². The molecule has 2 heterocycles. The first-order valence-electron chi connectivity index (χ1n) is 12.7. The normalized spacial score (nSPS) is 14.6. The molecule has 194 valence electrons. The summed E-state index contributed by atoms with van der Waals surface area (Å²) in [6, 6.07) is 1.35. The Morgan fingerprint density at radius 3 is 0.969 bits per heavy atom. The molecule has 0 saturated carbocycles. The average molecular weight is 630 g/mol. The monoisotopic (exact) mass is 629 g/mol. The Kier molecular flexibility index (Phi) is 42.9. The first-order valence-corrected chi connectivity index (χ1v) is 28.2. The van der Waals surface area contributed by atoms with Crippen LogP contribution < -0.4 is 4.65 Å². The molecule has 2 aliphatic rings. The Hall–Kier alpha value is 2.21. The fraction of sp³-hybridized carbons (Fsp3) is 1.00. The Morgan fingerprint density at radius 2 is 0.906 bits per heavy atom. The summed E-state index contributed by atoms with van der Waals surface area (Å²) in [5.41, 5.74) is 0. The summed E-state index contributed by atoms with van der Waals surface area (Å²) in [4.78, 5) is 0. The van der Waals surface area contributed by atoms with Gasteiger partial charge in [-0.15, -0.1) is 0 Å². The van der Waals surface area contributed by atoms with E-state index in [0.29, 0.717) is 9.68 Å². The predicted molar refractivity (Wildman–Crippen MR) is 162 cm³/mol. The van der Waals surface area contributed by atoms with Crippen LogP contribution in [0.1, 0.15) is 32.6 Å². The van der Waals surface area contributed by atoms with E-state index < -0.39 is 44.8 Å². The van der Waals surface area contributed by atoms with Crippen molar-refractivity contribution in [3.8, 4) is 0 Å². The molecule has 0 atom stereocenters. The molecule has 32 heavy (non-hydrogen) atoms. The van der Waals surface area contributed by atoms with Crippen LogP contribution in [0.3, 0.4) is 0 Å². The first kappa shape index (κ1) is 41.3. The van der Waals surface area contributed by atoms with Crippen molar-refractivity contribution in [1.29, 1.82) is 0 Å². The van der Waals surface area contributed by atoms with Crippen LogP contribution in [0, 0.1) is 0 Å². The molecule has 0 unspecified atom stereocenters. The summed E-state index contributed by atoms with van der Waals surface area (Å²) in [6.07, 6.45) is 5.11. The maximum absolute atomic E-state index is 4.94. The van der Waals surface area contributed by atoms with E-state index in [1.807, 2.05) is 0 Å². The van der Waals surface area contributed by atoms with E-state index >= 15 is 0 Å². The van der Waals surface area contributed by atoms with Gasteiger partial charge in [-0.3, -0.25) is 0 Å². The SMILES string of the molecule is C1CCOC1.C1CCOC1.CC[SiH]N[SiH](C)C.C[SiH](C)[N-][SiH](C)C.C[SiH](C)[N-][SiH](C)C.[Y]. The van der Waals surface area contributed by atoms with Gasteiger partial charge in [-0.05, 0) is 25.7 Å². The molecule has 2 aliphatic heterocycles. The summed E-state index contributed by atoms with van der Waals surface area (Å²) >= 11 is 0. The minimum Gasteiger partial charge on any atom is -0.672 e. The fourth-order valence-corrected chi connectivity index (χ4v) is 14.9. The minimum absolute atomic E-state index is 0. The van der Waals surface area contributed by atoms with Crippen LogP contribution >= 0.6 is 0 Å². The second-order valence-corrected chi connectivity index (χ2v) is 25.2. The smallest absolute Gasteiger partial charge is 0.106 e. The molecule has 2 saturated heterocycles. The zero-order chi connectivity index (χ0) is 24.5. The van der Waals surface area contributed by atoms with Crippen LogP contribution in [0.5, 0.6) is 0 Å². The van der Waals surface area contributed by atoms with Gasteiger partial charge >= 0.3 is 0 Å². The van der Waals surface area contributed by atoms with Crippen LogP contribution in [0.15, 0.2) is 0 Å². The van der Waals surface area contributed by atoms with Gasteiger partial charge in [0.15, 0.2) is 0 Å². The molecular weight excluding hydrogens is 572 g/mol.